The van der Waals surface area contributed by atoms with Crippen molar-refractivity contribution in [2.24, 2.45) is 0 Å². The number of nitriles is 1. The molecule has 3 heterocycles. The number of carbonyl (C=O) groups excluding carboxylic acids is 3. The Bertz CT molecular complexity index is 1350. The quantitative estimate of drug-likeness (QED) is 0.453. The predicted octanol–water partition coefficient (Wildman–Crippen LogP) is 4.03. The second-order valence-corrected chi connectivity index (χ2v) is 8.61. The fourth-order valence-corrected chi connectivity index (χ4v) is 5.20. The molecule has 3 saturated heterocycles. The molecule has 0 aromatic heterocycles. The highest BCUT2D eigenvalue weighted by molar-refractivity contribution is 6.22. The fourth-order valence-electron chi connectivity index (χ4n) is 5.20. The van der Waals surface area contributed by atoms with Gasteiger partial charge in [-0.15, -0.1) is 0 Å². The van der Waals surface area contributed by atoms with E-state index in [2.05, 4.69) is 0 Å². The number of anilines is 1. The van der Waals surface area contributed by atoms with Gasteiger partial charge in [0.15, 0.2) is 0 Å². The fraction of sp³-hybridized carbons (Fsp3) is 0.304. The molecule has 0 saturated carbocycles. The zero-order chi connectivity index (χ0) is 26.2. The molecule has 4 amide bonds. The van der Waals surface area contributed by atoms with E-state index in [0.29, 0.717) is 11.0 Å². The van der Waals surface area contributed by atoms with Gasteiger partial charge in [-0.25, -0.2) is 9.69 Å². The van der Waals surface area contributed by atoms with Crippen LogP contribution in [0, 0.1) is 11.3 Å². The van der Waals surface area contributed by atoms with E-state index in [0.717, 1.165) is 40.1 Å². The van der Waals surface area contributed by atoms with E-state index in [9.17, 15) is 40.7 Å². The normalized spacial score (nSPS) is 23.4. The maximum absolute atomic E-state index is 13.4. The van der Waals surface area contributed by atoms with Crippen molar-refractivity contribution in [1.29, 1.82) is 5.26 Å². The van der Waals surface area contributed by atoms with Crippen LogP contribution in [-0.4, -0.2) is 52.3 Å². The van der Waals surface area contributed by atoms with Crippen molar-refractivity contribution in [1.82, 2.24) is 9.80 Å². The molecular weight excluding hydrogens is 494 g/mol. The number of fused-ring (bicyclic) bond motifs is 5. The molecule has 5 rings (SSSR count). The lowest BCUT2D eigenvalue weighted by Gasteiger charge is -2.35. The van der Waals surface area contributed by atoms with Gasteiger partial charge in [0.1, 0.15) is 6.04 Å². The van der Waals surface area contributed by atoms with Gasteiger partial charge in [-0.2, -0.15) is 31.6 Å². The van der Waals surface area contributed by atoms with Gasteiger partial charge in [-0.3, -0.25) is 9.59 Å². The summed E-state index contributed by atoms with van der Waals surface area (Å²) < 4.78 is 80.5. The van der Waals surface area contributed by atoms with E-state index < -0.39 is 76.3 Å². The van der Waals surface area contributed by atoms with Crippen molar-refractivity contribution in [2.75, 3.05) is 11.4 Å². The van der Waals surface area contributed by atoms with Crippen LogP contribution in [0.25, 0.3) is 0 Å². The molecule has 186 valence electrons. The predicted molar refractivity (Wildman–Crippen MR) is 109 cm³/mol. The van der Waals surface area contributed by atoms with Crippen molar-refractivity contribution >= 4 is 23.5 Å². The second-order valence-electron chi connectivity index (χ2n) is 8.61. The smallest absolute Gasteiger partial charge is 0.331 e. The zero-order valence-corrected chi connectivity index (χ0v) is 18.0. The van der Waals surface area contributed by atoms with Crippen molar-refractivity contribution in [3.05, 3.63) is 64.7 Å². The molecule has 0 radical (unpaired) electrons. The molecule has 3 unspecified atom stereocenters. The number of urea groups is 1. The summed E-state index contributed by atoms with van der Waals surface area (Å²) in [5, 5.41) is 8.98. The van der Waals surface area contributed by atoms with Crippen molar-refractivity contribution < 1.29 is 40.7 Å². The molecule has 0 N–H and O–H groups in total. The van der Waals surface area contributed by atoms with E-state index in [4.69, 9.17) is 5.26 Å². The van der Waals surface area contributed by atoms with E-state index in [1.807, 2.05) is 0 Å². The van der Waals surface area contributed by atoms with E-state index in [1.54, 1.807) is 0 Å². The SMILES string of the molecule is N#Cc1ccc(N2C(=O)C3C4CC(CN4C(=O)c4ccccc4C(F)(F)F)N3C2=O)cc1C(F)(F)F. The molecule has 0 aliphatic carbocycles. The highest BCUT2D eigenvalue weighted by Gasteiger charge is 2.63. The van der Waals surface area contributed by atoms with Gasteiger partial charge in [0.25, 0.3) is 11.8 Å². The summed E-state index contributed by atoms with van der Waals surface area (Å²) >= 11 is 0. The van der Waals surface area contributed by atoms with Crippen LogP contribution in [0.2, 0.25) is 0 Å². The summed E-state index contributed by atoms with van der Waals surface area (Å²) in [6.45, 7) is -0.125. The summed E-state index contributed by atoms with van der Waals surface area (Å²) in [7, 11) is 0. The van der Waals surface area contributed by atoms with Crippen LogP contribution in [0.3, 0.4) is 0 Å². The lowest BCUT2D eigenvalue weighted by molar-refractivity contribution is -0.138. The maximum Gasteiger partial charge on any atom is 0.417 e. The highest BCUT2D eigenvalue weighted by Crippen LogP contribution is 2.44. The monoisotopic (exact) mass is 508 g/mol. The van der Waals surface area contributed by atoms with E-state index >= 15 is 0 Å². The van der Waals surface area contributed by atoms with Crippen molar-refractivity contribution in [3.63, 3.8) is 0 Å². The molecule has 2 aromatic rings. The average molecular weight is 508 g/mol. The number of hydrogen-bond donors (Lipinski definition) is 0. The molecule has 3 fully saturated rings. The molecule has 3 aliphatic rings. The van der Waals surface area contributed by atoms with Crippen LogP contribution in [0.4, 0.5) is 36.8 Å². The molecule has 36 heavy (non-hydrogen) atoms. The minimum Gasteiger partial charge on any atom is -0.331 e. The van der Waals surface area contributed by atoms with Crippen LogP contribution in [0.15, 0.2) is 42.5 Å². The topological polar surface area (TPSA) is 84.7 Å². The molecule has 2 aromatic carbocycles. The average Bonchev–Trinajstić information content (AvgIpc) is 3.48. The highest BCUT2D eigenvalue weighted by atomic mass is 19.4. The summed E-state index contributed by atoms with van der Waals surface area (Å²) in [5.41, 5.74) is -4.14. The summed E-state index contributed by atoms with van der Waals surface area (Å²) in [5.74, 6) is -1.85. The molecule has 2 bridgehead atoms. The summed E-state index contributed by atoms with van der Waals surface area (Å²) in [6.07, 6.45) is -9.56. The van der Waals surface area contributed by atoms with Crippen LogP contribution in [-0.2, 0) is 17.1 Å². The Balaban J connectivity index is 1.47. The lowest BCUT2D eigenvalue weighted by atomic mass is 10.0. The zero-order valence-electron chi connectivity index (χ0n) is 18.0. The second kappa shape index (κ2) is 7.71. The minimum absolute atomic E-state index is 0.125. The Morgan fingerprint density at radius 3 is 2.28 bits per heavy atom. The van der Waals surface area contributed by atoms with Crippen molar-refractivity contribution in [3.8, 4) is 6.07 Å². The number of nitrogens with zero attached hydrogens (tertiary/aromatic N) is 4. The van der Waals surface area contributed by atoms with Crippen LogP contribution >= 0.6 is 0 Å². The Morgan fingerprint density at radius 2 is 1.64 bits per heavy atom. The van der Waals surface area contributed by atoms with Gasteiger partial charge < -0.3 is 9.80 Å². The Morgan fingerprint density at radius 1 is 0.972 bits per heavy atom. The van der Waals surface area contributed by atoms with Crippen LogP contribution in [0.1, 0.15) is 33.5 Å². The third kappa shape index (κ3) is 3.39. The Hall–Kier alpha value is -4.08. The third-order valence-corrected chi connectivity index (χ3v) is 6.68. The summed E-state index contributed by atoms with van der Waals surface area (Å²) in [6, 6.07) is 4.27. The van der Waals surface area contributed by atoms with Gasteiger partial charge in [0.05, 0.1) is 46.1 Å². The number of hydrogen-bond acceptors (Lipinski definition) is 4. The first-order chi connectivity index (χ1) is 16.8. The minimum atomic E-state index is -4.92. The van der Waals surface area contributed by atoms with Crippen LogP contribution < -0.4 is 4.90 Å². The number of imide groups is 1. The summed E-state index contributed by atoms with van der Waals surface area (Å²) in [4.78, 5) is 42.2. The maximum atomic E-state index is 13.4. The Kier molecular flexibility index (Phi) is 5.07. The van der Waals surface area contributed by atoms with Gasteiger partial charge in [0, 0.05) is 6.54 Å². The first-order valence-corrected chi connectivity index (χ1v) is 10.6. The van der Waals surface area contributed by atoms with Crippen molar-refractivity contribution in [2.45, 2.75) is 36.9 Å². The number of rotatable bonds is 2. The number of piperazine rings is 1. The number of benzene rings is 2. The molecule has 13 heteroatoms. The van der Waals surface area contributed by atoms with E-state index in [1.165, 1.54) is 12.1 Å². The molecule has 3 atom stereocenters. The standard InChI is InChI=1S/C23H14F6N4O3/c24-22(25,26)15-4-2-1-3-14(15)19(34)31-10-13-8-17(31)18-20(35)33(21(36)32(13)18)12-6-5-11(9-30)16(7-12)23(27,28)29/h1-7,13,17-18H,8,10H2. The van der Waals surface area contributed by atoms with E-state index in [-0.39, 0.29) is 13.0 Å². The van der Waals surface area contributed by atoms with Gasteiger partial charge in [0.2, 0.25) is 0 Å². The van der Waals surface area contributed by atoms with Gasteiger partial charge in [-0.05, 0) is 36.8 Å². The Labute approximate surface area is 199 Å². The third-order valence-electron chi connectivity index (χ3n) is 6.68. The largest absolute Gasteiger partial charge is 0.417 e. The number of likely N-dealkylation sites (tertiary alicyclic amines) is 1. The van der Waals surface area contributed by atoms with Gasteiger partial charge in [-0.1, -0.05) is 12.1 Å². The first kappa shape index (κ1) is 23.7. The molecule has 3 aliphatic heterocycles. The first-order valence-electron chi connectivity index (χ1n) is 10.6. The number of carbonyl (C=O) groups is 3. The molecule has 7 nitrogen and oxygen atoms in total. The molecular formula is C23H14F6N4O3. The lowest BCUT2D eigenvalue weighted by Crippen LogP contribution is -2.55. The number of amides is 4. The molecule has 0 spiro atoms. The number of alkyl halides is 6. The number of halogens is 6. The van der Waals surface area contributed by atoms with Gasteiger partial charge >= 0.3 is 18.4 Å². The van der Waals surface area contributed by atoms with Crippen LogP contribution in [0.5, 0.6) is 0 Å².